The van der Waals surface area contributed by atoms with Gasteiger partial charge in [0, 0.05) is 30.1 Å². The fraction of sp³-hybridized carbons (Fsp3) is 0.421. The van der Waals surface area contributed by atoms with Crippen molar-refractivity contribution in [3.63, 3.8) is 0 Å². The summed E-state index contributed by atoms with van der Waals surface area (Å²) in [4.78, 5) is 12.4. The molecule has 1 aromatic carbocycles. The molecule has 154 valence electrons. The molecular formula is C19H23F2NO5S. The number of hydrogen-bond donors (Lipinski definition) is 2. The van der Waals surface area contributed by atoms with Gasteiger partial charge in [-0.05, 0) is 49.9 Å². The van der Waals surface area contributed by atoms with Gasteiger partial charge in [-0.1, -0.05) is 0 Å². The van der Waals surface area contributed by atoms with Crippen LogP contribution in [0.1, 0.15) is 19.8 Å². The summed E-state index contributed by atoms with van der Waals surface area (Å²) in [7, 11) is -1.56. The van der Waals surface area contributed by atoms with Gasteiger partial charge in [0.2, 0.25) is 0 Å². The molecule has 28 heavy (non-hydrogen) atoms. The Morgan fingerprint density at radius 3 is 2.57 bits per heavy atom. The average Bonchev–Trinajstić information content (AvgIpc) is 3.47. The van der Waals surface area contributed by atoms with Gasteiger partial charge in [0.05, 0.1) is 11.5 Å². The molecule has 0 aliphatic heterocycles. The molecule has 0 saturated heterocycles. The summed E-state index contributed by atoms with van der Waals surface area (Å²) < 4.78 is 57.3. The van der Waals surface area contributed by atoms with Crippen LogP contribution in [0, 0.1) is 5.92 Å². The van der Waals surface area contributed by atoms with Crippen molar-refractivity contribution < 1.29 is 27.4 Å². The second kappa shape index (κ2) is 8.10. The van der Waals surface area contributed by atoms with Gasteiger partial charge in [-0.3, -0.25) is 13.9 Å². The third-order valence-electron chi connectivity index (χ3n) is 4.58. The van der Waals surface area contributed by atoms with E-state index in [1.165, 1.54) is 19.3 Å². The van der Waals surface area contributed by atoms with Crippen LogP contribution in [0.2, 0.25) is 0 Å². The molecule has 0 radical (unpaired) electrons. The fourth-order valence-electron chi connectivity index (χ4n) is 2.73. The molecule has 3 rings (SSSR count). The van der Waals surface area contributed by atoms with E-state index in [2.05, 4.69) is 4.74 Å². The minimum Gasteiger partial charge on any atom is -0.493 e. The smallest absolute Gasteiger partial charge is 0.387 e. The second-order valence-electron chi connectivity index (χ2n) is 6.76. The monoisotopic (exact) mass is 415 g/mol. The summed E-state index contributed by atoms with van der Waals surface area (Å²) in [6.07, 6.45) is 3.66. The molecule has 0 bridgehead atoms. The first kappa shape index (κ1) is 20.6. The summed E-state index contributed by atoms with van der Waals surface area (Å²) in [6, 6.07) is 6.00. The van der Waals surface area contributed by atoms with E-state index in [1.54, 1.807) is 25.1 Å². The Balaban J connectivity index is 2.09. The zero-order chi connectivity index (χ0) is 20.5. The molecule has 0 atom stereocenters. The van der Waals surface area contributed by atoms with Crippen LogP contribution in [-0.4, -0.2) is 32.6 Å². The lowest BCUT2D eigenvalue weighted by Gasteiger charge is -2.31. The fourth-order valence-corrected chi connectivity index (χ4v) is 3.66. The van der Waals surface area contributed by atoms with Crippen molar-refractivity contribution in [2.45, 2.75) is 31.3 Å². The van der Waals surface area contributed by atoms with Crippen LogP contribution in [0.25, 0.3) is 11.1 Å². The summed E-state index contributed by atoms with van der Waals surface area (Å²) >= 11 is 0. The molecule has 1 aliphatic rings. The van der Waals surface area contributed by atoms with E-state index >= 15 is 0 Å². The highest BCUT2D eigenvalue weighted by molar-refractivity contribution is 8.24. The van der Waals surface area contributed by atoms with Crippen molar-refractivity contribution in [3.8, 4) is 22.6 Å². The largest absolute Gasteiger partial charge is 0.493 e. The molecule has 2 N–H and O–H groups in total. The van der Waals surface area contributed by atoms with Gasteiger partial charge in [0.25, 0.3) is 5.56 Å². The molecule has 1 heterocycles. The van der Waals surface area contributed by atoms with E-state index in [0.717, 1.165) is 17.4 Å². The first-order valence-corrected chi connectivity index (χ1v) is 10.6. The van der Waals surface area contributed by atoms with Gasteiger partial charge in [-0.2, -0.15) is 19.4 Å². The van der Waals surface area contributed by atoms with Crippen LogP contribution in [0.5, 0.6) is 11.5 Å². The molecule has 1 fully saturated rings. The van der Waals surface area contributed by atoms with Crippen LogP contribution in [0.3, 0.4) is 0 Å². The highest BCUT2D eigenvalue weighted by Crippen LogP contribution is 2.50. The van der Waals surface area contributed by atoms with E-state index in [1.807, 2.05) is 0 Å². The Kier molecular flexibility index (Phi) is 5.97. The van der Waals surface area contributed by atoms with Crippen LogP contribution in [-0.2, 0) is 7.05 Å². The van der Waals surface area contributed by atoms with Crippen LogP contribution in [0.4, 0.5) is 8.78 Å². The number of aromatic nitrogens is 1. The van der Waals surface area contributed by atoms with E-state index in [-0.39, 0.29) is 5.75 Å². The molecule has 9 heteroatoms. The molecule has 1 aromatic heterocycles. The molecule has 0 spiro atoms. The number of aryl methyl sites for hydroxylation is 1. The molecule has 0 unspecified atom stereocenters. The highest BCUT2D eigenvalue weighted by Gasteiger charge is 2.24. The quantitative estimate of drug-likeness (QED) is 0.660. The number of hydrogen-bond acceptors (Lipinski definition) is 5. The predicted molar refractivity (Wildman–Crippen MR) is 104 cm³/mol. The summed E-state index contributed by atoms with van der Waals surface area (Å²) in [5, 5.41) is 0. The predicted octanol–water partition coefficient (Wildman–Crippen LogP) is 4.57. The van der Waals surface area contributed by atoms with Crippen molar-refractivity contribution in [1.82, 2.24) is 4.57 Å². The van der Waals surface area contributed by atoms with Crippen molar-refractivity contribution in [3.05, 3.63) is 40.8 Å². The summed E-state index contributed by atoms with van der Waals surface area (Å²) in [5.74, 6) is 0.613. The first-order chi connectivity index (χ1) is 13.2. The zero-order valence-electron chi connectivity index (χ0n) is 15.6. The van der Waals surface area contributed by atoms with Gasteiger partial charge in [0.1, 0.15) is 5.75 Å². The molecule has 6 nitrogen and oxygen atoms in total. The van der Waals surface area contributed by atoms with Gasteiger partial charge in [-0.15, -0.1) is 0 Å². The van der Waals surface area contributed by atoms with E-state index in [9.17, 15) is 22.7 Å². The number of benzene rings is 1. The number of halogens is 2. The maximum absolute atomic E-state index is 12.7. The third-order valence-corrected chi connectivity index (χ3v) is 6.39. The maximum Gasteiger partial charge on any atom is 0.387 e. The molecule has 2 aromatic rings. The van der Waals surface area contributed by atoms with Gasteiger partial charge >= 0.3 is 6.61 Å². The Morgan fingerprint density at radius 2 is 1.96 bits per heavy atom. The van der Waals surface area contributed by atoms with Gasteiger partial charge in [-0.25, -0.2) is 0 Å². The van der Waals surface area contributed by atoms with E-state index in [0.29, 0.717) is 34.3 Å². The molecule has 0 amide bonds. The Morgan fingerprint density at radius 1 is 1.25 bits per heavy atom. The van der Waals surface area contributed by atoms with Crippen LogP contribution < -0.4 is 15.0 Å². The van der Waals surface area contributed by atoms with Crippen molar-refractivity contribution >= 4 is 10.6 Å². The number of pyridine rings is 1. The van der Waals surface area contributed by atoms with Gasteiger partial charge < -0.3 is 14.0 Å². The topological polar surface area (TPSA) is 80.9 Å². The first-order valence-electron chi connectivity index (χ1n) is 8.90. The van der Waals surface area contributed by atoms with Gasteiger partial charge in [0.15, 0.2) is 5.75 Å². The Labute approximate surface area is 163 Å². The summed E-state index contributed by atoms with van der Waals surface area (Å²) in [5.41, 5.74) is 0.177. The standard InChI is InChI=1S/C19H23F2NO5S/c1-3-28(24,25)14-6-7-16(26-11-12-4-5-12)15(9-14)13-8-17(27-19(20)21)18(23)22(2)10-13/h6-10,12,19,24-25H,3-5,11H2,1-2H3. The lowest BCUT2D eigenvalue weighted by atomic mass is 10.1. The number of rotatable bonds is 8. The Bertz CT molecular complexity index is 912. The lowest BCUT2D eigenvalue weighted by molar-refractivity contribution is -0.0510. The van der Waals surface area contributed by atoms with Crippen LogP contribution >= 0.6 is 10.6 Å². The SMILES string of the molecule is CCS(O)(O)c1ccc(OCC2CC2)c(-c2cc(OC(F)F)c(=O)n(C)c2)c1. The summed E-state index contributed by atoms with van der Waals surface area (Å²) in [6.45, 7) is -0.956. The Hall–Kier alpha value is -2.10. The van der Waals surface area contributed by atoms with E-state index < -0.39 is 28.5 Å². The van der Waals surface area contributed by atoms with Crippen molar-refractivity contribution in [2.75, 3.05) is 12.4 Å². The van der Waals surface area contributed by atoms with Crippen molar-refractivity contribution in [2.24, 2.45) is 13.0 Å². The minimum atomic E-state index is -3.13. The lowest BCUT2D eigenvalue weighted by Crippen LogP contribution is -2.20. The number of nitrogens with zero attached hydrogens (tertiary/aromatic N) is 1. The minimum absolute atomic E-state index is 0.141. The average molecular weight is 415 g/mol. The zero-order valence-corrected chi connectivity index (χ0v) is 16.4. The third kappa shape index (κ3) is 4.65. The molecular weight excluding hydrogens is 392 g/mol. The number of ether oxygens (including phenoxy) is 2. The van der Waals surface area contributed by atoms with Crippen molar-refractivity contribution in [1.29, 1.82) is 0 Å². The molecule has 1 aliphatic carbocycles. The normalized spacial score (nSPS) is 15.0. The maximum atomic E-state index is 12.7. The highest BCUT2D eigenvalue weighted by atomic mass is 32.3. The van der Waals surface area contributed by atoms with Crippen LogP contribution in [0.15, 0.2) is 40.2 Å². The van der Waals surface area contributed by atoms with E-state index in [4.69, 9.17) is 4.74 Å². The number of alkyl halides is 2. The second-order valence-corrected chi connectivity index (χ2v) is 9.14. The molecule has 1 saturated carbocycles.